The fourth-order valence-corrected chi connectivity index (χ4v) is 2.55. The molecule has 0 bridgehead atoms. The van der Waals surface area contributed by atoms with E-state index >= 15 is 0 Å². The van der Waals surface area contributed by atoms with Crippen LogP contribution < -0.4 is 5.73 Å². The van der Waals surface area contributed by atoms with E-state index < -0.39 is 0 Å². The smallest absolute Gasteiger partial charge is 0.0574 e. The van der Waals surface area contributed by atoms with Crippen molar-refractivity contribution in [2.45, 2.75) is 38.1 Å². The summed E-state index contributed by atoms with van der Waals surface area (Å²) >= 11 is 3.39. The molecule has 0 amide bonds. The normalized spacial score (nSPS) is 20.1. The Morgan fingerprint density at radius 2 is 2.00 bits per heavy atom. The number of nitrogens with two attached hydrogens (primary N) is 1. The molecule has 0 aliphatic heterocycles. The summed E-state index contributed by atoms with van der Waals surface area (Å²) in [5.74, 6) is 0.632. The average molecular weight is 269 g/mol. The molecule has 0 unspecified atom stereocenters. The highest BCUT2D eigenvalue weighted by Crippen LogP contribution is 2.32. The van der Waals surface area contributed by atoms with Crippen molar-refractivity contribution in [3.8, 4) is 0 Å². The van der Waals surface area contributed by atoms with E-state index in [-0.39, 0.29) is 6.04 Å². The summed E-state index contributed by atoms with van der Waals surface area (Å²) < 4.78 is 1.02. The Balaban J connectivity index is 2.05. The van der Waals surface area contributed by atoms with Crippen molar-refractivity contribution in [2.24, 2.45) is 11.7 Å². The highest BCUT2D eigenvalue weighted by molar-refractivity contribution is 9.10. The molecule has 1 atom stereocenters. The van der Waals surface area contributed by atoms with Gasteiger partial charge in [0.2, 0.25) is 0 Å². The first-order chi connectivity index (χ1) is 7.27. The molecule has 1 aliphatic carbocycles. The van der Waals surface area contributed by atoms with Gasteiger partial charge in [0.1, 0.15) is 0 Å². The second-order valence-corrected chi connectivity index (χ2v) is 5.24. The lowest BCUT2D eigenvalue weighted by atomic mass is 9.83. The average Bonchev–Trinajstić information content (AvgIpc) is 2.30. The number of pyridine rings is 1. The maximum Gasteiger partial charge on any atom is 0.0574 e. The van der Waals surface area contributed by atoms with E-state index in [1.807, 2.05) is 18.3 Å². The minimum atomic E-state index is 0.124. The Morgan fingerprint density at radius 1 is 1.27 bits per heavy atom. The third-order valence-electron chi connectivity index (χ3n) is 3.25. The van der Waals surface area contributed by atoms with Crippen molar-refractivity contribution in [3.05, 3.63) is 28.5 Å². The summed E-state index contributed by atoms with van der Waals surface area (Å²) in [6.07, 6.45) is 8.39. The first kappa shape index (κ1) is 11.1. The van der Waals surface area contributed by atoms with Crippen molar-refractivity contribution in [1.82, 2.24) is 4.98 Å². The van der Waals surface area contributed by atoms with Gasteiger partial charge in [0.15, 0.2) is 0 Å². The molecule has 2 rings (SSSR count). The van der Waals surface area contributed by atoms with Gasteiger partial charge >= 0.3 is 0 Å². The standard InChI is InChI=1S/C12H17BrN2/c13-10-6-7-11(15-8-10)12(14)9-4-2-1-3-5-9/h6-9,12H,1-5,14H2/t12-/m1/s1. The van der Waals surface area contributed by atoms with Gasteiger partial charge in [0, 0.05) is 16.7 Å². The fraction of sp³-hybridized carbons (Fsp3) is 0.583. The molecule has 15 heavy (non-hydrogen) atoms. The van der Waals surface area contributed by atoms with E-state index in [9.17, 15) is 0 Å². The molecule has 1 heterocycles. The molecule has 3 heteroatoms. The number of nitrogens with zero attached hydrogens (tertiary/aromatic N) is 1. The van der Waals surface area contributed by atoms with E-state index in [2.05, 4.69) is 20.9 Å². The number of halogens is 1. The van der Waals surface area contributed by atoms with Gasteiger partial charge in [0.25, 0.3) is 0 Å². The first-order valence-electron chi connectivity index (χ1n) is 5.64. The summed E-state index contributed by atoms with van der Waals surface area (Å²) in [4.78, 5) is 4.38. The van der Waals surface area contributed by atoms with Crippen molar-refractivity contribution in [3.63, 3.8) is 0 Å². The third kappa shape index (κ3) is 2.79. The monoisotopic (exact) mass is 268 g/mol. The van der Waals surface area contributed by atoms with Crippen molar-refractivity contribution in [1.29, 1.82) is 0 Å². The highest BCUT2D eigenvalue weighted by atomic mass is 79.9. The van der Waals surface area contributed by atoms with E-state index in [1.54, 1.807) is 0 Å². The molecule has 1 aromatic rings. The zero-order chi connectivity index (χ0) is 10.7. The number of aromatic nitrogens is 1. The van der Waals surface area contributed by atoms with Gasteiger partial charge < -0.3 is 5.73 Å². The van der Waals surface area contributed by atoms with Crippen LogP contribution in [0.5, 0.6) is 0 Å². The number of rotatable bonds is 2. The molecule has 1 aliphatic rings. The van der Waals surface area contributed by atoms with Gasteiger partial charge in [-0.05, 0) is 46.8 Å². The quantitative estimate of drug-likeness (QED) is 0.893. The van der Waals surface area contributed by atoms with Crippen molar-refractivity contribution < 1.29 is 0 Å². The number of hydrogen-bond donors (Lipinski definition) is 1. The minimum absolute atomic E-state index is 0.124. The molecular formula is C12H17BrN2. The Kier molecular flexibility index (Phi) is 3.76. The lowest BCUT2D eigenvalue weighted by molar-refractivity contribution is 0.305. The topological polar surface area (TPSA) is 38.9 Å². The maximum atomic E-state index is 6.24. The largest absolute Gasteiger partial charge is 0.322 e. The first-order valence-corrected chi connectivity index (χ1v) is 6.43. The molecule has 0 saturated heterocycles. The van der Waals surface area contributed by atoms with Gasteiger partial charge in [-0.25, -0.2) is 0 Å². The van der Waals surface area contributed by atoms with Gasteiger partial charge in [-0.3, -0.25) is 4.98 Å². The molecule has 1 fully saturated rings. The fourth-order valence-electron chi connectivity index (χ4n) is 2.32. The van der Waals surface area contributed by atoms with Gasteiger partial charge in [0.05, 0.1) is 5.69 Å². The summed E-state index contributed by atoms with van der Waals surface area (Å²) in [6.45, 7) is 0. The van der Waals surface area contributed by atoms with E-state index in [0.717, 1.165) is 10.2 Å². The van der Waals surface area contributed by atoms with E-state index in [0.29, 0.717) is 5.92 Å². The SMILES string of the molecule is N[C@@H](c1ccc(Br)cn1)C1CCCCC1. The summed E-state index contributed by atoms with van der Waals surface area (Å²) in [5.41, 5.74) is 7.27. The van der Waals surface area contributed by atoms with Crippen LogP contribution in [0.3, 0.4) is 0 Å². The molecule has 82 valence electrons. The molecule has 0 radical (unpaired) electrons. The highest BCUT2D eigenvalue weighted by Gasteiger charge is 2.22. The van der Waals surface area contributed by atoms with E-state index in [1.165, 1.54) is 32.1 Å². The van der Waals surface area contributed by atoms with Gasteiger partial charge in [-0.2, -0.15) is 0 Å². The molecule has 2 N–H and O–H groups in total. The molecular weight excluding hydrogens is 252 g/mol. The molecule has 0 aromatic carbocycles. The van der Waals surface area contributed by atoms with Crippen LogP contribution in [0.15, 0.2) is 22.8 Å². The zero-order valence-corrected chi connectivity index (χ0v) is 10.4. The Labute approximate surface area is 99.4 Å². The van der Waals surface area contributed by atoms with Crippen LogP contribution in [0, 0.1) is 5.92 Å². The summed E-state index contributed by atoms with van der Waals surface area (Å²) in [6, 6.07) is 4.17. The Morgan fingerprint density at radius 3 is 2.60 bits per heavy atom. The third-order valence-corrected chi connectivity index (χ3v) is 3.72. The minimum Gasteiger partial charge on any atom is -0.322 e. The number of hydrogen-bond acceptors (Lipinski definition) is 2. The van der Waals surface area contributed by atoms with Crippen LogP contribution in [0.25, 0.3) is 0 Å². The molecule has 1 saturated carbocycles. The molecule has 1 aromatic heterocycles. The van der Waals surface area contributed by atoms with E-state index in [4.69, 9.17) is 5.73 Å². The second-order valence-electron chi connectivity index (χ2n) is 4.33. The molecule has 2 nitrogen and oxygen atoms in total. The lowest BCUT2D eigenvalue weighted by Gasteiger charge is -2.27. The van der Waals surface area contributed by atoms with Crippen LogP contribution in [-0.4, -0.2) is 4.98 Å². The lowest BCUT2D eigenvalue weighted by Crippen LogP contribution is -2.24. The van der Waals surface area contributed by atoms with Gasteiger partial charge in [-0.15, -0.1) is 0 Å². The van der Waals surface area contributed by atoms with Gasteiger partial charge in [-0.1, -0.05) is 19.3 Å². The summed E-state index contributed by atoms with van der Waals surface area (Å²) in [5, 5.41) is 0. The van der Waals surface area contributed by atoms with Crippen molar-refractivity contribution in [2.75, 3.05) is 0 Å². The zero-order valence-electron chi connectivity index (χ0n) is 8.82. The van der Waals surface area contributed by atoms with Crippen LogP contribution in [0.2, 0.25) is 0 Å². The Hall–Kier alpha value is -0.410. The van der Waals surface area contributed by atoms with Crippen LogP contribution in [0.4, 0.5) is 0 Å². The predicted molar refractivity (Wildman–Crippen MR) is 65.4 cm³/mol. The van der Waals surface area contributed by atoms with Crippen LogP contribution >= 0.6 is 15.9 Å². The summed E-state index contributed by atoms with van der Waals surface area (Å²) in [7, 11) is 0. The Bertz CT molecular complexity index is 304. The van der Waals surface area contributed by atoms with Crippen molar-refractivity contribution >= 4 is 15.9 Å². The molecule has 0 spiro atoms. The second kappa shape index (κ2) is 5.08. The maximum absolute atomic E-state index is 6.24. The van der Waals surface area contributed by atoms with Crippen LogP contribution in [0.1, 0.15) is 43.8 Å². The predicted octanol–water partition coefficient (Wildman–Crippen LogP) is 3.42. The van der Waals surface area contributed by atoms with Crippen LogP contribution in [-0.2, 0) is 0 Å².